The van der Waals surface area contributed by atoms with Crippen molar-refractivity contribution in [3.8, 4) is 11.4 Å². The van der Waals surface area contributed by atoms with Crippen LogP contribution in [-0.4, -0.2) is 27.8 Å². The number of thioether (sulfide) groups is 1. The number of carbonyl (C=O) groups is 1. The van der Waals surface area contributed by atoms with Gasteiger partial charge in [-0.05, 0) is 43.3 Å². The van der Waals surface area contributed by atoms with Gasteiger partial charge < -0.3 is 10.1 Å². The lowest BCUT2D eigenvalue weighted by atomic mass is 10.3. The molecule has 140 valence electrons. The van der Waals surface area contributed by atoms with Gasteiger partial charge in [0.1, 0.15) is 17.4 Å². The zero-order valence-electron chi connectivity index (χ0n) is 14.6. The number of hydrogen-bond donors (Lipinski definition) is 1. The molecule has 8 heteroatoms. The summed E-state index contributed by atoms with van der Waals surface area (Å²) in [7, 11) is 1.59. The smallest absolute Gasteiger partial charge is 0.237 e. The Balaban J connectivity index is 1.72. The molecule has 0 spiro atoms. The number of ether oxygens (including phenoxy) is 1. The van der Waals surface area contributed by atoms with Crippen molar-refractivity contribution in [3.05, 3.63) is 66.5 Å². The van der Waals surface area contributed by atoms with Crippen molar-refractivity contribution < 1.29 is 18.3 Å². The fraction of sp³-hybridized carbons (Fsp3) is 0.158. The molecule has 27 heavy (non-hydrogen) atoms. The molecule has 1 unspecified atom stereocenters. The molecule has 0 bridgehead atoms. The summed E-state index contributed by atoms with van der Waals surface area (Å²) < 4.78 is 33.9. The number of amides is 1. The number of methoxy groups -OCH3 is 1. The van der Waals surface area contributed by atoms with Crippen molar-refractivity contribution in [1.82, 2.24) is 9.55 Å². The lowest BCUT2D eigenvalue weighted by Gasteiger charge is -2.14. The van der Waals surface area contributed by atoms with Crippen LogP contribution < -0.4 is 10.1 Å². The van der Waals surface area contributed by atoms with Crippen LogP contribution in [0.15, 0.2) is 60.0 Å². The predicted octanol–water partition coefficient (Wildman–Crippen LogP) is 4.28. The maximum Gasteiger partial charge on any atom is 0.237 e. The van der Waals surface area contributed by atoms with Crippen LogP contribution in [-0.2, 0) is 4.79 Å². The fourth-order valence-corrected chi connectivity index (χ4v) is 3.24. The van der Waals surface area contributed by atoms with Gasteiger partial charge in [0.05, 0.1) is 18.0 Å². The first-order valence-electron chi connectivity index (χ1n) is 8.08. The van der Waals surface area contributed by atoms with E-state index in [9.17, 15) is 13.6 Å². The SMILES string of the molecule is COc1ccc(-n2ccnc2SC(C)C(=O)Nc2cc(F)ccc2F)cc1. The average Bonchev–Trinajstić information content (AvgIpc) is 3.12. The molecule has 2 aromatic carbocycles. The highest BCUT2D eigenvalue weighted by atomic mass is 32.2. The average molecular weight is 389 g/mol. The van der Waals surface area contributed by atoms with Gasteiger partial charge in [-0.1, -0.05) is 11.8 Å². The van der Waals surface area contributed by atoms with E-state index in [1.54, 1.807) is 26.4 Å². The molecular weight excluding hydrogens is 372 g/mol. The van der Waals surface area contributed by atoms with Gasteiger partial charge in [0.25, 0.3) is 0 Å². The molecule has 1 amide bonds. The summed E-state index contributed by atoms with van der Waals surface area (Å²) >= 11 is 1.21. The summed E-state index contributed by atoms with van der Waals surface area (Å²) in [5, 5.41) is 2.43. The maximum atomic E-state index is 13.7. The van der Waals surface area contributed by atoms with Crippen LogP contribution in [0.25, 0.3) is 5.69 Å². The number of aromatic nitrogens is 2. The number of rotatable bonds is 6. The zero-order chi connectivity index (χ0) is 19.4. The normalized spacial score (nSPS) is 11.9. The van der Waals surface area contributed by atoms with Gasteiger partial charge in [-0.25, -0.2) is 13.8 Å². The molecule has 5 nitrogen and oxygen atoms in total. The number of carbonyl (C=O) groups excluding carboxylic acids is 1. The molecule has 3 rings (SSSR count). The van der Waals surface area contributed by atoms with Gasteiger partial charge in [-0.15, -0.1) is 0 Å². The van der Waals surface area contributed by atoms with Crippen LogP contribution in [0.1, 0.15) is 6.92 Å². The third-order valence-electron chi connectivity index (χ3n) is 3.80. The van der Waals surface area contributed by atoms with Crippen molar-refractivity contribution in [3.63, 3.8) is 0 Å². The second-order valence-corrected chi connectivity index (χ2v) is 6.96. The van der Waals surface area contributed by atoms with E-state index in [0.29, 0.717) is 5.16 Å². The van der Waals surface area contributed by atoms with Crippen molar-refractivity contribution in [2.45, 2.75) is 17.3 Å². The lowest BCUT2D eigenvalue weighted by Crippen LogP contribution is -2.23. The highest BCUT2D eigenvalue weighted by Gasteiger charge is 2.19. The third kappa shape index (κ3) is 4.46. The molecule has 1 aromatic heterocycles. The van der Waals surface area contributed by atoms with Crippen molar-refractivity contribution >= 4 is 23.4 Å². The van der Waals surface area contributed by atoms with E-state index in [2.05, 4.69) is 10.3 Å². The van der Waals surface area contributed by atoms with Gasteiger partial charge in [-0.3, -0.25) is 9.36 Å². The van der Waals surface area contributed by atoms with E-state index in [-0.39, 0.29) is 5.69 Å². The summed E-state index contributed by atoms with van der Waals surface area (Å²) in [5.41, 5.74) is 0.672. The Kier molecular flexibility index (Phi) is 5.75. The molecule has 0 radical (unpaired) electrons. The topological polar surface area (TPSA) is 56.2 Å². The number of anilines is 1. The fourth-order valence-electron chi connectivity index (χ4n) is 2.36. The quantitative estimate of drug-likeness (QED) is 0.640. The third-order valence-corrected chi connectivity index (χ3v) is 4.88. The largest absolute Gasteiger partial charge is 0.497 e. The highest BCUT2D eigenvalue weighted by Crippen LogP contribution is 2.26. The number of benzene rings is 2. The van der Waals surface area contributed by atoms with Crippen LogP contribution in [0.5, 0.6) is 5.75 Å². The molecule has 0 fully saturated rings. The van der Waals surface area contributed by atoms with E-state index >= 15 is 0 Å². The Morgan fingerprint density at radius 2 is 1.96 bits per heavy atom. The van der Waals surface area contributed by atoms with Crippen LogP contribution in [0, 0.1) is 11.6 Å². The predicted molar refractivity (Wildman–Crippen MR) is 100 cm³/mol. The number of hydrogen-bond acceptors (Lipinski definition) is 4. The number of imidazole rings is 1. The first-order valence-corrected chi connectivity index (χ1v) is 8.96. The second-order valence-electron chi connectivity index (χ2n) is 5.65. The summed E-state index contributed by atoms with van der Waals surface area (Å²) in [6.45, 7) is 1.67. The Morgan fingerprint density at radius 1 is 1.22 bits per heavy atom. The molecule has 0 aliphatic carbocycles. The Labute approximate surface area is 159 Å². The molecule has 0 aliphatic heterocycles. The number of nitrogens with zero attached hydrogens (tertiary/aromatic N) is 2. The van der Waals surface area contributed by atoms with E-state index in [4.69, 9.17) is 4.74 Å². The number of nitrogens with one attached hydrogen (secondary N) is 1. The maximum absolute atomic E-state index is 13.7. The molecular formula is C19H17F2N3O2S. The first-order chi connectivity index (χ1) is 13.0. The molecule has 1 heterocycles. The Bertz CT molecular complexity index is 944. The van der Waals surface area contributed by atoms with Gasteiger partial charge >= 0.3 is 0 Å². The van der Waals surface area contributed by atoms with Crippen molar-refractivity contribution in [2.24, 2.45) is 0 Å². The number of halogens is 2. The van der Waals surface area contributed by atoms with E-state index < -0.39 is 22.8 Å². The van der Waals surface area contributed by atoms with E-state index in [1.807, 2.05) is 28.8 Å². The lowest BCUT2D eigenvalue weighted by molar-refractivity contribution is -0.115. The van der Waals surface area contributed by atoms with Gasteiger partial charge in [0.2, 0.25) is 5.91 Å². The van der Waals surface area contributed by atoms with Gasteiger partial charge in [0, 0.05) is 24.1 Å². The summed E-state index contributed by atoms with van der Waals surface area (Å²) in [4.78, 5) is 16.6. The summed E-state index contributed by atoms with van der Waals surface area (Å²) in [5.74, 6) is -1.03. The van der Waals surface area contributed by atoms with Gasteiger partial charge in [-0.2, -0.15) is 0 Å². The molecule has 0 aliphatic rings. The van der Waals surface area contributed by atoms with Crippen molar-refractivity contribution in [1.29, 1.82) is 0 Å². The second kappa shape index (κ2) is 8.22. The minimum atomic E-state index is -0.693. The first kappa shape index (κ1) is 18.9. The minimum absolute atomic E-state index is 0.189. The van der Waals surface area contributed by atoms with E-state index in [0.717, 1.165) is 29.6 Å². The van der Waals surface area contributed by atoms with Crippen LogP contribution in [0.4, 0.5) is 14.5 Å². The summed E-state index contributed by atoms with van der Waals surface area (Å²) in [6, 6.07) is 10.3. The minimum Gasteiger partial charge on any atom is -0.497 e. The van der Waals surface area contributed by atoms with Crippen LogP contribution in [0.3, 0.4) is 0 Å². The monoisotopic (exact) mass is 389 g/mol. The Hall–Kier alpha value is -2.87. The van der Waals surface area contributed by atoms with Crippen LogP contribution >= 0.6 is 11.8 Å². The molecule has 3 aromatic rings. The molecule has 1 atom stereocenters. The summed E-state index contributed by atoms with van der Waals surface area (Å²) in [6.07, 6.45) is 3.41. The van der Waals surface area contributed by atoms with Crippen LogP contribution in [0.2, 0.25) is 0 Å². The molecule has 0 saturated heterocycles. The van der Waals surface area contributed by atoms with Crippen molar-refractivity contribution in [2.75, 3.05) is 12.4 Å². The van der Waals surface area contributed by atoms with Gasteiger partial charge in [0.15, 0.2) is 5.16 Å². The highest BCUT2D eigenvalue weighted by molar-refractivity contribution is 8.00. The Morgan fingerprint density at radius 3 is 2.67 bits per heavy atom. The zero-order valence-corrected chi connectivity index (χ0v) is 15.5. The standard InChI is InChI=1S/C19H17F2N3O2S/c1-12(18(25)23-17-11-13(20)3-8-16(17)21)27-19-22-9-10-24(19)14-4-6-15(26-2)7-5-14/h3-12H,1-2H3,(H,23,25). The van der Waals surface area contributed by atoms with E-state index in [1.165, 1.54) is 11.8 Å². The molecule has 0 saturated carbocycles. The molecule has 1 N–H and O–H groups in total.